The van der Waals surface area contributed by atoms with E-state index < -0.39 is 0 Å². The van der Waals surface area contributed by atoms with E-state index in [1.807, 2.05) is 31.2 Å². The normalized spacial score (nSPS) is 11.8. The van der Waals surface area contributed by atoms with E-state index in [1.165, 1.54) is 6.07 Å². The molecule has 19 heavy (non-hydrogen) atoms. The van der Waals surface area contributed by atoms with Crippen molar-refractivity contribution in [2.24, 2.45) is 0 Å². The minimum atomic E-state index is -0.212. The van der Waals surface area contributed by atoms with Gasteiger partial charge in [-0.15, -0.1) is 0 Å². The Labute approximate surface area is 112 Å². The van der Waals surface area contributed by atoms with Gasteiger partial charge in [-0.05, 0) is 24.6 Å². The first-order valence-corrected chi connectivity index (χ1v) is 6.18. The largest absolute Gasteiger partial charge is 0.306 e. The molecule has 0 fully saturated rings. The van der Waals surface area contributed by atoms with Crippen LogP contribution in [0, 0.1) is 17.1 Å². The SMILES string of the molecule is CC(NCc1ccccc1C#N)c1ccccc1F. The predicted molar refractivity (Wildman–Crippen MR) is 72.8 cm³/mol. The minimum absolute atomic E-state index is 0.104. The Hall–Kier alpha value is -2.18. The monoisotopic (exact) mass is 254 g/mol. The molecule has 1 N–H and O–H groups in total. The van der Waals surface area contributed by atoms with E-state index >= 15 is 0 Å². The van der Waals surface area contributed by atoms with Gasteiger partial charge in [0, 0.05) is 18.2 Å². The van der Waals surface area contributed by atoms with Gasteiger partial charge in [0.15, 0.2) is 0 Å². The van der Waals surface area contributed by atoms with Gasteiger partial charge in [0.1, 0.15) is 5.82 Å². The predicted octanol–water partition coefficient (Wildman–Crippen LogP) is 3.55. The van der Waals surface area contributed by atoms with Crippen LogP contribution in [0.3, 0.4) is 0 Å². The van der Waals surface area contributed by atoms with E-state index in [0.29, 0.717) is 17.7 Å². The second-order valence-corrected chi connectivity index (χ2v) is 4.39. The van der Waals surface area contributed by atoms with Crippen molar-refractivity contribution in [2.45, 2.75) is 19.5 Å². The zero-order valence-corrected chi connectivity index (χ0v) is 10.7. The first-order chi connectivity index (χ1) is 9.22. The van der Waals surface area contributed by atoms with E-state index in [0.717, 1.165) is 5.56 Å². The lowest BCUT2D eigenvalue weighted by molar-refractivity contribution is 0.528. The van der Waals surface area contributed by atoms with Gasteiger partial charge in [-0.3, -0.25) is 0 Å². The van der Waals surface area contributed by atoms with E-state index in [-0.39, 0.29) is 11.9 Å². The average Bonchev–Trinajstić information content (AvgIpc) is 2.45. The third-order valence-corrected chi connectivity index (χ3v) is 3.11. The van der Waals surface area contributed by atoms with Crippen LogP contribution in [0.1, 0.15) is 29.7 Å². The van der Waals surface area contributed by atoms with Gasteiger partial charge in [0.25, 0.3) is 0 Å². The molecule has 1 unspecified atom stereocenters. The summed E-state index contributed by atoms with van der Waals surface area (Å²) in [7, 11) is 0. The number of nitrogens with one attached hydrogen (secondary N) is 1. The highest BCUT2D eigenvalue weighted by molar-refractivity contribution is 5.37. The first-order valence-electron chi connectivity index (χ1n) is 6.18. The molecule has 2 rings (SSSR count). The summed E-state index contributed by atoms with van der Waals surface area (Å²) in [4.78, 5) is 0. The van der Waals surface area contributed by atoms with Crippen LogP contribution in [0.5, 0.6) is 0 Å². The molecule has 0 spiro atoms. The third kappa shape index (κ3) is 3.18. The number of hydrogen-bond acceptors (Lipinski definition) is 2. The highest BCUT2D eigenvalue weighted by Gasteiger charge is 2.10. The fraction of sp³-hybridized carbons (Fsp3) is 0.188. The highest BCUT2D eigenvalue weighted by Crippen LogP contribution is 2.17. The summed E-state index contributed by atoms with van der Waals surface area (Å²) in [5.74, 6) is -0.212. The Kier molecular flexibility index (Phi) is 4.27. The molecular weight excluding hydrogens is 239 g/mol. The molecule has 0 bridgehead atoms. The molecule has 1 atom stereocenters. The molecule has 0 saturated carbocycles. The van der Waals surface area contributed by atoms with E-state index in [4.69, 9.17) is 5.26 Å². The van der Waals surface area contributed by atoms with Crippen LogP contribution in [0.2, 0.25) is 0 Å². The Morgan fingerprint density at radius 1 is 1.16 bits per heavy atom. The van der Waals surface area contributed by atoms with Gasteiger partial charge in [-0.25, -0.2) is 4.39 Å². The fourth-order valence-corrected chi connectivity index (χ4v) is 1.98. The molecule has 0 aromatic heterocycles. The van der Waals surface area contributed by atoms with Crippen LogP contribution < -0.4 is 5.32 Å². The summed E-state index contributed by atoms with van der Waals surface area (Å²) < 4.78 is 13.6. The van der Waals surface area contributed by atoms with E-state index in [2.05, 4.69) is 11.4 Å². The van der Waals surface area contributed by atoms with Gasteiger partial charge in [-0.2, -0.15) is 5.26 Å². The summed E-state index contributed by atoms with van der Waals surface area (Å²) in [6.45, 7) is 2.45. The number of hydrogen-bond donors (Lipinski definition) is 1. The summed E-state index contributed by atoms with van der Waals surface area (Å²) in [5.41, 5.74) is 2.21. The maximum atomic E-state index is 13.6. The molecule has 2 aromatic rings. The zero-order chi connectivity index (χ0) is 13.7. The molecule has 0 aliphatic carbocycles. The summed E-state index contributed by atoms with van der Waals surface area (Å²) in [6, 6.07) is 16.2. The summed E-state index contributed by atoms with van der Waals surface area (Å²) >= 11 is 0. The van der Waals surface area contributed by atoms with Crippen molar-refractivity contribution < 1.29 is 4.39 Å². The fourth-order valence-electron chi connectivity index (χ4n) is 1.98. The molecule has 0 amide bonds. The second-order valence-electron chi connectivity index (χ2n) is 4.39. The molecular formula is C16H15FN2. The van der Waals surface area contributed by atoms with Crippen molar-refractivity contribution in [3.05, 3.63) is 71.0 Å². The third-order valence-electron chi connectivity index (χ3n) is 3.11. The Balaban J connectivity index is 2.07. The van der Waals surface area contributed by atoms with Crippen molar-refractivity contribution in [1.82, 2.24) is 5.32 Å². The molecule has 0 aliphatic heterocycles. The van der Waals surface area contributed by atoms with Crippen LogP contribution in [0.25, 0.3) is 0 Å². The Morgan fingerprint density at radius 3 is 2.58 bits per heavy atom. The molecule has 0 radical (unpaired) electrons. The lowest BCUT2D eigenvalue weighted by Gasteiger charge is -2.15. The lowest BCUT2D eigenvalue weighted by Crippen LogP contribution is -2.19. The van der Waals surface area contributed by atoms with Gasteiger partial charge in [0.2, 0.25) is 0 Å². The molecule has 2 aromatic carbocycles. The number of benzene rings is 2. The second kappa shape index (κ2) is 6.12. The maximum absolute atomic E-state index is 13.6. The molecule has 3 heteroatoms. The average molecular weight is 254 g/mol. The quantitative estimate of drug-likeness (QED) is 0.905. The molecule has 2 nitrogen and oxygen atoms in total. The summed E-state index contributed by atoms with van der Waals surface area (Å²) in [6.07, 6.45) is 0. The molecule has 0 saturated heterocycles. The number of rotatable bonds is 4. The van der Waals surface area contributed by atoms with Crippen molar-refractivity contribution in [2.75, 3.05) is 0 Å². The first kappa shape index (κ1) is 13.3. The van der Waals surface area contributed by atoms with E-state index in [9.17, 15) is 4.39 Å². The van der Waals surface area contributed by atoms with Crippen LogP contribution in [-0.4, -0.2) is 0 Å². The van der Waals surface area contributed by atoms with Crippen LogP contribution >= 0.6 is 0 Å². The minimum Gasteiger partial charge on any atom is -0.306 e. The highest BCUT2D eigenvalue weighted by atomic mass is 19.1. The number of halogens is 1. The van der Waals surface area contributed by atoms with Crippen LogP contribution in [0.15, 0.2) is 48.5 Å². The van der Waals surface area contributed by atoms with Crippen molar-refractivity contribution >= 4 is 0 Å². The number of nitriles is 1. The van der Waals surface area contributed by atoms with Gasteiger partial charge in [-0.1, -0.05) is 36.4 Å². The zero-order valence-electron chi connectivity index (χ0n) is 10.7. The van der Waals surface area contributed by atoms with Crippen LogP contribution in [-0.2, 0) is 6.54 Å². The van der Waals surface area contributed by atoms with Gasteiger partial charge < -0.3 is 5.32 Å². The van der Waals surface area contributed by atoms with Crippen molar-refractivity contribution in [3.8, 4) is 6.07 Å². The summed E-state index contributed by atoms with van der Waals surface area (Å²) in [5, 5.41) is 12.2. The Bertz CT molecular complexity index is 602. The molecule has 0 heterocycles. The van der Waals surface area contributed by atoms with Crippen molar-refractivity contribution in [3.63, 3.8) is 0 Å². The smallest absolute Gasteiger partial charge is 0.127 e. The standard InChI is InChI=1S/C16H15FN2/c1-12(15-8-4-5-9-16(15)17)19-11-14-7-3-2-6-13(14)10-18/h2-9,12,19H,11H2,1H3. The topological polar surface area (TPSA) is 35.8 Å². The van der Waals surface area contributed by atoms with Crippen LogP contribution in [0.4, 0.5) is 4.39 Å². The molecule has 0 aliphatic rings. The van der Waals surface area contributed by atoms with Gasteiger partial charge in [0.05, 0.1) is 11.6 Å². The maximum Gasteiger partial charge on any atom is 0.127 e. The lowest BCUT2D eigenvalue weighted by atomic mass is 10.1. The number of nitrogens with zero attached hydrogens (tertiary/aromatic N) is 1. The van der Waals surface area contributed by atoms with Crippen molar-refractivity contribution in [1.29, 1.82) is 5.26 Å². The molecule has 96 valence electrons. The Morgan fingerprint density at radius 2 is 1.84 bits per heavy atom. The van der Waals surface area contributed by atoms with E-state index in [1.54, 1.807) is 18.2 Å². The van der Waals surface area contributed by atoms with Gasteiger partial charge >= 0.3 is 0 Å².